The van der Waals surface area contributed by atoms with Crippen molar-refractivity contribution in [3.8, 4) is 0 Å². The molecule has 0 saturated carbocycles. The molecule has 0 aromatic heterocycles. The van der Waals surface area contributed by atoms with E-state index in [-0.39, 0.29) is 0 Å². The number of hydrogen-bond donors (Lipinski definition) is 0. The van der Waals surface area contributed by atoms with Crippen molar-refractivity contribution in [3.63, 3.8) is 0 Å². The summed E-state index contributed by atoms with van der Waals surface area (Å²) in [6.07, 6.45) is 0. The number of hydrogen-bond acceptors (Lipinski definition) is 3. The fraction of sp³-hybridized carbons (Fsp3) is 0.188. The lowest BCUT2D eigenvalue weighted by molar-refractivity contribution is 0.980. The number of rotatable bonds is 1. The maximum absolute atomic E-state index is 4.73. The summed E-state index contributed by atoms with van der Waals surface area (Å²) in [6.45, 7) is 0.966. The van der Waals surface area contributed by atoms with Crippen LogP contribution >= 0.6 is 23.5 Å². The third-order valence-corrected chi connectivity index (χ3v) is 5.77. The Morgan fingerprint density at radius 3 is 2.11 bits per heavy atom. The first kappa shape index (κ1) is 11.6. The fourth-order valence-electron chi connectivity index (χ4n) is 2.70. The van der Waals surface area contributed by atoms with E-state index in [2.05, 4.69) is 48.5 Å². The van der Waals surface area contributed by atoms with Gasteiger partial charge in [-0.05, 0) is 23.3 Å². The minimum atomic E-state index is 0.348. The summed E-state index contributed by atoms with van der Waals surface area (Å²) in [5.41, 5.74) is 2.83. The van der Waals surface area contributed by atoms with E-state index in [1.54, 1.807) is 0 Å². The van der Waals surface area contributed by atoms with Crippen molar-refractivity contribution >= 4 is 28.6 Å². The van der Waals surface area contributed by atoms with E-state index >= 15 is 0 Å². The normalized spacial score (nSPS) is 17.8. The molecule has 0 unspecified atom stereocenters. The molecule has 0 atom stereocenters. The van der Waals surface area contributed by atoms with Crippen LogP contribution in [-0.4, -0.2) is 17.3 Å². The zero-order chi connectivity index (χ0) is 12.7. The number of nitrogens with zero attached hydrogens (tertiary/aromatic N) is 1. The van der Waals surface area contributed by atoms with E-state index in [9.17, 15) is 0 Å². The molecule has 94 valence electrons. The molecule has 0 saturated heterocycles. The number of benzene rings is 2. The van der Waals surface area contributed by atoms with Gasteiger partial charge < -0.3 is 0 Å². The Balaban J connectivity index is 1.93. The molecule has 2 aliphatic rings. The molecule has 2 aromatic rings. The predicted octanol–water partition coefficient (Wildman–Crippen LogP) is 4.43. The highest BCUT2D eigenvalue weighted by atomic mass is 32.2. The molecule has 2 aromatic carbocycles. The monoisotopic (exact) mass is 283 g/mol. The van der Waals surface area contributed by atoms with Crippen molar-refractivity contribution in [2.45, 2.75) is 15.7 Å². The zero-order valence-electron chi connectivity index (χ0n) is 10.4. The quantitative estimate of drug-likeness (QED) is 0.767. The molecule has 1 nitrogen and oxygen atoms in total. The van der Waals surface area contributed by atoms with E-state index in [0.29, 0.717) is 5.92 Å². The van der Waals surface area contributed by atoms with Crippen molar-refractivity contribution in [1.29, 1.82) is 0 Å². The molecule has 0 spiro atoms. The van der Waals surface area contributed by atoms with Gasteiger partial charge in [0, 0.05) is 22.1 Å². The lowest BCUT2D eigenvalue weighted by Gasteiger charge is -2.27. The van der Waals surface area contributed by atoms with Crippen LogP contribution in [0.25, 0.3) is 0 Å². The summed E-state index contributed by atoms with van der Waals surface area (Å²) >= 11 is 3.80. The summed E-state index contributed by atoms with van der Waals surface area (Å²) in [7, 11) is 0. The van der Waals surface area contributed by atoms with E-state index in [1.807, 2.05) is 23.5 Å². The Hall–Kier alpha value is -1.19. The lowest BCUT2D eigenvalue weighted by Crippen LogP contribution is -2.14. The van der Waals surface area contributed by atoms with Gasteiger partial charge in [-0.2, -0.15) is 0 Å². The molecule has 0 radical (unpaired) electrons. The third-order valence-electron chi connectivity index (χ3n) is 3.54. The number of thioether (sulfide) groups is 1. The Morgan fingerprint density at radius 1 is 0.895 bits per heavy atom. The Kier molecular flexibility index (Phi) is 2.89. The highest BCUT2D eigenvalue weighted by Crippen LogP contribution is 2.48. The van der Waals surface area contributed by atoms with Crippen LogP contribution in [0.3, 0.4) is 0 Å². The van der Waals surface area contributed by atoms with Gasteiger partial charge in [-0.25, -0.2) is 0 Å². The van der Waals surface area contributed by atoms with Gasteiger partial charge in [-0.1, -0.05) is 48.2 Å². The van der Waals surface area contributed by atoms with Crippen molar-refractivity contribution in [3.05, 3.63) is 59.7 Å². The standard InChI is InChI=1S/C16H13NS2/c1-3-7-13-11(5-1)15(16-17-9-10-18-16)12-6-2-4-8-14(12)19-13/h1-8,15H,9-10H2. The first-order chi connectivity index (χ1) is 9.43. The van der Waals surface area contributed by atoms with Gasteiger partial charge in [0.15, 0.2) is 0 Å². The lowest BCUT2D eigenvalue weighted by atomic mass is 9.91. The summed E-state index contributed by atoms with van der Waals surface area (Å²) < 4.78 is 0. The fourth-order valence-corrected chi connectivity index (χ4v) is 4.83. The van der Waals surface area contributed by atoms with Gasteiger partial charge in [0.2, 0.25) is 0 Å². The third kappa shape index (κ3) is 1.92. The topological polar surface area (TPSA) is 12.4 Å². The molecule has 0 amide bonds. The van der Waals surface area contributed by atoms with E-state index in [0.717, 1.165) is 12.3 Å². The van der Waals surface area contributed by atoms with Crippen LogP contribution in [0.5, 0.6) is 0 Å². The van der Waals surface area contributed by atoms with Gasteiger partial charge in [-0.3, -0.25) is 4.99 Å². The van der Waals surface area contributed by atoms with Gasteiger partial charge >= 0.3 is 0 Å². The second-order valence-corrected chi connectivity index (χ2v) is 6.88. The maximum Gasteiger partial charge on any atom is 0.0796 e. The van der Waals surface area contributed by atoms with Gasteiger partial charge in [0.1, 0.15) is 0 Å². The van der Waals surface area contributed by atoms with Crippen LogP contribution in [0, 0.1) is 0 Å². The van der Waals surface area contributed by atoms with Crippen LogP contribution < -0.4 is 0 Å². The Bertz CT molecular complexity index is 618. The van der Waals surface area contributed by atoms with Crippen LogP contribution in [0.2, 0.25) is 0 Å². The van der Waals surface area contributed by atoms with E-state index in [4.69, 9.17) is 4.99 Å². The molecule has 2 heterocycles. The molecular weight excluding hydrogens is 270 g/mol. The van der Waals surface area contributed by atoms with E-state index in [1.165, 1.54) is 26.0 Å². The van der Waals surface area contributed by atoms with Gasteiger partial charge in [0.25, 0.3) is 0 Å². The van der Waals surface area contributed by atoms with Crippen LogP contribution in [0.1, 0.15) is 17.0 Å². The highest BCUT2D eigenvalue weighted by Gasteiger charge is 2.30. The second-order valence-electron chi connectivity index (χ2n) is 4.68. The highest BCUT2D eigenvalue weighted by molar-refractivity contribution is 8.14. The van der Waals surface area contributed by atoms with Crippen molar-refractivity contribution in [1.82, 2.24) is 0 Å². The molecule has 2 aliphatic heterocycles. The van der Waals surface area contributed by atoms with Gasteiger partial charge in [-0.15, -0.1) is 11.8 Å². The van der Waals surface area contributed by atoms with Crippen molar-refractivity contribution in [2.24, 2.45) is 4.99 Å². The summed E-state index contributed by atoms with van der Waals surface area (Å²) in [5.74, 6) is 1.48. The molecule has 0 fully saturated rings. The summed E-state index contributed by atoms with van der Waals surface area (Å²) in [4.78, 5) is 7.48. The molecule has 0 N–H and O–H groups in total. The second kappa shape index (κ2) is 4.73. The van der Waals surface area contributed by atoms with E-state index < -0.39 is 0 Å². The number of aliphatic imine (C=N–C) groups is 1. The molecular formula is C16H13NS2. The Labute approximate surface area is 121 Å². The molecule has 3 heteroatoms. The van der Waals surface area contributed by atoms with Crippen LogP contribution in [-0.2, 0) is 0 Å². The SMILES string of the molecule is c1ccc2c(c1)Sc1ccccc1C2C1=NCCS1. The minimum Gasteiger partial charge on any atom is -0.281 e. The molecule has 19 heavy (non-hydrogen) atoms. The molecule has 0 bridgehead atoms. The zero-order valence-corrected chi connectivity index (χ0v) is 12.0. The maximum atomic E-state index is 4.73. The Morgan fingerprint density at radius 2 is 1.53 bits per heavy atom. The first-order valence-corrected chi connectivity index (χ1v) is 8.26. The van der Waals surface area contributed by atoms with Crippen molar-refractivity contribution in [2.75, 3.05) is 12.3 Å². The molecule has 4 rings (SSSR count). The van der Waals surface area contributed by atoms with Crippen molar-refractivity contribution < 1.29 is 0 Å². The average Bonchev–Trinajstić information content (AvgIpc) is 2.98. The smallest absolute Gasteiger partial charge is 0.0796 e. The summed E-state index contributed by atoms with van der Waals surface area (Å²) in [5, 5.41) is 1.29. The van der Waals surface area contributed by atoms with Crippen LogP contribution in [0.4, 0.5) is 0 Å². The predicted molar refractivity (Wildman–Crippen MR) is 83.6 cm³/mol. The molecule has 0 aliphatic carbocycles. The van der Waals surface area contributed by atoms with Gasteiger partial charge in [0.05, 0.1) is 11.0 Å². The average molecular weight is 283 g/mol. The number of fused-ring (bicyclic) bond motifs is 2. The largest absolute Gasteiger partial charge is 0.281 e. The minimum absolute atomic E-state index is 0.348. The first-order valence-electron chi connectivity index (χ1n) is 6.46. The summed E-state index contributed by atoms with van der Waals surface area (Å²) in [6, 6.07) is 17.5. The van der Waals surface area contributed by atoms with Crippen LogP contribution in [0.15, 0.2) is 63.3 Å².